The zero-order valence-electron chi connectivity index (χ0n) is 13.0. The molecule has 108 valence electrons. The summed E-state index contributed by atoms with van der Waals surface area (Å²) in [7, 11) is -2.03. The van der Waals surface area contributed by atoms with E-state index in [1.54, 1.807) is 0 Å². The van der Waals surface area contributed by atoms with Crippen molar-refractivity contribution in [3.05, 3.63) is 0 Å². The molecule has 0 saturated heterocycles. The molecule has 1 aliphatic rings. The summed E-state index contributed by atoms with van der Waals surface area (Å²) in [5, 5.41) is 0. The van der Waals surface area contributed by atoms with Gasteiger partial charge in [0.15, 0.2) is 0 Å². The second-order valence-corrected chi connectivity index (χ2v) is 9.68. The van der Waals surface area contributed by atoms with Crippen LogP contribution in [0.4, 0.5) is 0 Å². The SMILES string of the molecule is CCO[Si](OCC)(C(C)CC)C1CCC(C)CC1. The normalized spacial score (nSPS) is 27.2. The molecule has 1 saturated carbocycles. The lowest BCUT2D eigenvalue weighted by Gasteiger charge is -2.43. The van der Waals surface area contributed by atoms with Crippen molar-refractivity contribution in [1.29, 1.82) is 0 Å². The fourth-order valence-corrected chi connectivity index (χ4v) is 7.90. The molecule has 0 spiro atoms. The molecule has 1 atom stereocenters. The van der Waals surface area contributed by atoms with Crippen LogP contribution in [0.1, 0.15) is 66.7 Å². The predicted octanol–water partition coefficient (Wildman–Crippen LogP) is 4.88. The molecule has 1 fully saturated rings. The van der Waals surface area contributed by atoms with Gasteiger partial charge < -0.3 is 8.85 Å². The van der Waals surface area contributed by atoms with Crippen LogP contribution in [0.5, 0.6) is 0 Å². The second kappa shape index (κ2) is 7.66. The Labute approximate surface area is 115 Å². The Bertz CT molecular complexity index is 219. The highest BCUT2D eigenvalue weighted by Crippen LogP contribution is 2.46. The Hall–Kier alpha value is 0.137. The summed E-state index contributed by atoms with van der Waals surface area (Å²) in [4.78, 5) is 0. The van der Waals surface area contributed by atoms with Crippen molar-refractivity contribution in [3.8, 4) is 0 Å². The lowest BCUT2D eigenvalue weighted by atomic mass is 9.90. The van der Waals surface area contributed by atoms with Crippen molar-refractivity contribution in [2.45, 2.75) is 77.8 Å². The molecule has 0 heterocycles. The first-order valence-electron chi connectivity index (χ1n) is 7.88. The van der Waals surface area contributed by atoms with E-state index in [0.717, 1.165) is 19.1 Å². The van der Waals surface area contributed by atoms with Gasteiger partial charge in [-0.05, 0) is 38.1 Å². The molecule has 0 bridgehead atoms. The third-order valence-electron chi connectivity index (χ3n) is 4.62. The standard InChI is InChI=1S/C15H32O2Si/c1-6-14(5)18(16-7-2,17-8-3)15-11-9-13(4)10-12-15/h13-15H,6-12H2,1-5H3. The van der Waals surface area contributed by atoms with Gasteiger partial charge in [-0.1, -0.05) is 40.0 Å². The first-order chi connectivity index (χ1) is 8.60. The average Bonchev–Trinajstić information content (AvgIpc) is 2.38. The van der Waals surface area contributed by atoms with E-state index in [2.05, 4.69) is 34.6 Å². The minimum absolute atomic E-state index is 0.607. The molecule has 1 rings (SSSR count). The Morgan fingerprint density at radius 1 is 1.00 bits per heavy atom. The van der Waals surface area contributed by atoms with Crippen LogP contribution in [-0.4, -0.2) is 21.8 Å². The maximum absolute atomic E-state index is 6.31. The highest BCUT2D eigenvalue weighted by Gasteiger charge is 2.50. The maximum Gasteiger partial charge on any atom is 0.344 e. The summed E-state index contributed by atoms with van der Waals surface area (Å²) in [5.74, 6) is 0.896. The Balaban J connectivity index is 2.85. The molecular formula is C15H32O2Si. The molecule has 0 aromatic carbocycles. The Kier molecular flexibility index (Phi) is 6.89. The van der Waals surface area contributed by atoms with Gasteiger partial charge in [0, 0.05) is 18.8 Å². The van der Waals surface area contributed by atoms with E-state index in [4.69, 9.17) is 8.85 Å². The highest BCUT2D eigenvalue weighted by atomic mass is 28.4. The van der Waals surface area contributed by atoms with Crippen LogP contribution < -0.4 is 0 Å². The first kappa shape index (κ1) is 16.2. The van der Waals surface area contributed by atoms with E-state index in [1.165, 1.54) is 32.1 Å². The van der Waals surface area contributed by atoms with Gasteiger partial charge in [0.25, 0.3) is 0 Å². The lowest BCUT2D eigenvalue weighted by Crippen LogP contribution is -2.51. The van der Waals surface area contributed by atoms with E-state index >= 15 is 0 Å². The van der Waals surface area contributed by atoms with Crippen LogP contribution in [0.15, 0.2) is 0 Å². The number of hydrogen-bond acceptors (Lipinski definition) is 2. The van der Waals surface area contributed by atoms with Crippen LogP contribution in [0.2, 0.25) is 11.1 Å². The molecule has 1 aliphatic carbocycles. The molecule has 0 aromatic rings. The topological polar surface area (TPSA) is 18.5 Å². The predicted molar refractivity (Wildman–Crippen MR) is 80.1 cm³/mol. The van der Waals surface area contributed by atoms with Crippen molar-refractivity contribution in [3.63, 3.8) is 0 Å². The third kappa shape index (κ3) is 3.58. The van der Waals surface area contributed by atoms with E-state index in [0.29, 0.717) is 11.1 Å². The largest absolute Gasteiger partial charge is 0.394 e. The Morgan fingerprint density at radius 3 is 1.89 bits per heavy atom. The average molecular weight is 273 g/mol. The summed E-state index contributed by atoms with van der Waals surface area (Å²) >= 11 is 0. The summed E-state index contributed by atoms with van der Waals surface area (Å²) < 4.78 is 12.6. The van der Waals surface area contributed by atoms with E-state index in [9.17, 15) is 0 Å². The molecule has 3 heteroatoms. The first-order valence-corrected chi connectivity index (χ1v) is 9.85. The molecule has 18 heavy (non-hydrogen) atoms. The van der Waals surface area contributed by atoms with Crippen molar-refractivity contribution in [2.75, 3.05) is 13.2 Å². The van der Waals surface area contributed by atoms with E-state index in [-0.39, 0.29) is 0 Å². The quantitative estimate of drug-likeness (QED) is 0.615. The molecule has 1 unspecified atom stereocenters. The molecule has 0 N–H and O–H groups in total. The van der Waals surface area contributed by atoms with E-state index in [1.807, 2.05) is 0 Å². The molecule has 0 amide bonds. The van der Waals surface area contributed by atoms with Crippen LogP contribution in [-0.2, 0) is 8.85 Å². The van der Waals surface area contributed by atoms with Crippen LogP contribution in [0.25, 0.3) is 0 Å². The van der Waals surface area contributed by atoms with Crippen molar-refractivity contribution >= 4 is 8.56 Å². The van der Waals surface area contributed by atoms with Crippen LogP contribution in [0.3, 0.4) is 0 Å². The zero-order chi connectivity index (χ0) is 13.6. The summed E-state index contributed by atoms with van der Waals surface area (Å²) in [6, 6.07) is 0. The minimum atomic E-state index is -2.03. The smallest absolute Gasteiger partial charge is 0.344 e. The van der Waals surface area contributed by atoms with Gasteiger partial charge in [-0.15, -0.1) is 0 Å². The molecule has 0 aromatic heterocycles. The van der Waals surface area contributed by atoms with Crippen molar-refractivity contribution in [2.24, 2.45) is 5.92 Å². The monoisotopic (exact) mass is 272 g/mol. The van der Waals surface area contributed by atoms with Gasteiger partial charge in [0.2, 0.25) is 0 Å². The molecule has 2 nitrogen and oxygen atoms in total. The van der Waals surface area contributed by atoms with Gasteiger partial charge in [-0.3, -0.25) is 0 Å². The number of rotatable bonds is 7. The minimum Gasteiger partial charge on any atom is -0.394 e. The zero-order valence-corrected chi connectivity index (χ0v) is 14.0. The van der Waals surface area contributed by atoms with Crippen LogP contribution in [0, 0.1) is 5.92 Å². The lowest BCUT2D eigenvalue weighted by molar-refractivity contribution is 0.150. The van der Waals surface area contributed by atoms with Gasteiger partial charge in [-0.25, -0.2) is 0 Å². The van der Waals surface area contributed by atoms with Crippen molar-refractivity contribution < 1.29 is 8.85 Å². The number of hydrogen-bond donors (Lipinski definition) is 0. The highest BCUT2D eigenvalue weighted by molar-refractivity contribution is 6.70. The van der Waals surface area contributed by atoms with Gasteiger partial charge >= 0.3 is 8.56 Å². The third-order valence-corrected chi connectivity index (χ3v) is 9.60. The fraction of sp³-hybridized carbons (Fsp3) is 1.00. The molecular weight excluding hydrogens is 240 g/mol. The second-order valence-electron chi connectivity index (χ2n) is 5.85. The fourth-order valence-electron chi connectivity index (χ4n) is 3.36. The van der Waals surface area contributed by atoms with Crippen molar-refractivity contribution in [1.82, 2.24) is 0 Å². The van der Waals surface area contributed by atoms with Crippen LogP contribution >= 0.6 is 0 Å². The van der Waals surface area contributed by atoms with Gasteiger partial charge in [0.1, 0.15) is 0 Å². The Morgan fingerprint density at radius 2 is 1.50 bits per heavy atom. The maximum atomic E-state index is 6.31. The molecule has 0 radical (unpaired) electrons. The summed E-state index contributed by atoms with van der Waals surface area (Å²) in [6.07, 6.45) is 6.53. The molecule has 0 aliphatic heterocycles. The van der Waals surface area contributed by atoms with E-state index < -0.39 is 8.56 Å². The summed E-state index contributed by atoms with van der Waals surface area (Å²) in [5.41, 5.74) is 1.32. The summed E-state index contributed by atoms with van der Waals surface area (Å²) in [6.45, 7) is 12.9. The van der Waals surface area contributed by atoms with Gasteiger partial charge in [-0.2, -0.15) is 0 Å². The van der Waals surface area contributed by atoms with Gasteiger partial charge in [0.05, 0.1) is 0 Å².